The molecule has 2 rings (SSSR count). The third-order valence-corrected chi connectivity index (χ3v) is 3.92. The van der Waals surface area contributed by atoms with Gasteiger partial charge < -0.3 is 15.2 Å². The first-order chi connectivity index (χ1) is 10.9. The van der Waals surface area contributed by atoms with Gasteiger partial charge >= 0.3 is 6.03 Å². The molecule has 0 aliphatic rings. The van der Waals surface area contributed by atoms with Crippen LogP contribution in [-0.2, 0) is 7.05 Å². The number of hydrogen-bond acceptors (Lipinski definition) is 3. The number of rotatable bonds is 5. The molecule has 23 heavy (non-hydrogen) atoms. The Morgan fingerprint density at radius 2 is 1.83 bits per heavy atom. The first-order valence-electron chi connectivity index (χ1n) is 7.55. The van der Waals surface area contributed by atoms with Crippen LogP contribution in [0.1, 0.15) is 44.2 Å². The number of benzene rings is 1. The van der Waals surface area contributed by atoms with Gasteiger partial charge in [0.15, 0.2) is 5.82 Å². The van der Waals surface area contributed by atoms with E-state index in [-0.39, 0.29) is 24.0 Å². The summed E-state index contributed by atoms with van der Waals surface area (Å²) < 4.78 is 1.78. The normalized spacial score (nSPS) is 13.7. The van der Waals surface area contributed by atoms with Crippen LogP contribution < -0.4 is 10.6 Å². The minimum Gasteiger partial charge on any atom is -0.331 e. The maximum Gasteiger partial charge on any atom is 0.315 e. The van der Waals surface area contributed by atoms with Gasteiger partial charge in [0.25, 0.3) is 0 Å². The number of carbonyl (C=O) groups excluding carboxylic acids is 1. The van der Waals surface area contributed by atoms with Crippen molar-refractivity contribution in [2.24, 2.45) is 13.0 Å². The predicted octanol–water partition coefficient (Wildman–Crippen LogP) is 3.23. The molecule has 0 fully saturated rings. The number of aromatic nitrogens is 3. The van der Waals surface area contributed by atoms with Crippen molar-refractivity contribution in [2.45, 2.75) is 32.9 Å². The van der Waals surface area contributed by atoms with Crippen LogP contribution in [0.25, 0.3) is 0 Å². The standard InChI is InChI=1S/C16H22ClN5O/c1-10(2)14(12-5-7-13(17)8-6-12)20-16(23)19-11(3)15-21-18-9-22(15)4/h5-11,14H,1-4H3,(H2,19,20,23)/t11-,14+/m1/s1. The predicted molar refractivity (Wildman–Crippen MR) is 90.1 cm³/mol. The van der Waals surface area contributed by atoms with Crippen molar-refractivity contribution < 1.29 is 4.79 Å². The highest BCUT2D eigenvalue weighted by Crippen LogP contribution is 2.23. The highest BCUT2D eigenvalue weighted by atomic mass is 35.5. The summed E-state index contributed by atoms with van der Waals surface area (Å²) >= 11 is 5.93. The van der Waals surface area contributed by atoms with Crippen molar-refractivity contribution >= 4 is 17.6 Å². The summed E-state index contributed by atoms with van der Waals surface area (Å²) in [6, 6.07) is 6.94. The van der Waals surface area contributed by atoms with Gasteiger partial charge in [-0.1, -0.05) is 37.6 Å². The minimum atomic E-state index is -0.242. The Morgan fingerprint density at radius 1 is 1.17 bits per heavy atom. The fourth-order valence-corrected chi connectivity index (χ4v) is 2.56. The van der Waals surface area contributed by atoms with Crippen molar-refractivity contribution in [3.63, 3.8) is 0 Å². The summed E-state index contributed by atoms with van der Waals surface area (Å²) in [6.07, 6.45) is 1.61. The lowest BCUT2D eigenvalue weighted by Gasteiger charge is -2.24. The van der Waals surface area contributed by atoms with Crippen LogP contribution in [0.2, 0.25) is 5.02 Å². The lowest BCUT2D eigenvalue weighted by Crippen LogP contribution is -2.41. The molecule has 0 aliphatic carbocycles. The topological polar surface area (TPSA) is 71.8 Å². The van der Waals surface area contributed by atoms with E-state index in [0.717, 1.165) is 5.56 Å². The second-order valence-corrected chi connectivity index (χ2v) is 6.35. The Hall–Kier alpha value is -2.08. The Bertz CT molecular complexity index is 653. The zero-order valence-electron chi connectivity index (χ0n) is 13.7. The second kappa shape index (κ2) is 7.46. The number of nitrogens with one attached hydrogen (secondary N) is 2. The number of carbonyl (C=O) groups is 1. The highest BCUT2D eigenvalue weighted by molar-refractivity contribution is 6.30. The molecule has 2 N–H and O–H groups in total. The molecule has 2 amide bonds. The molecule has 0 saturated carbocycles. The quantitative estimate of drug-likeness (QED) is 0.881. The Labute approximate surface area is 141 Å². The van der Waals surface area contributed by atoms with E-state index in [1.54, 1.807) is 10.9 Å². The van der Waals surface area contributed by atoms with E-state index >= 15 is 0 Å². The largest absolute Gasteiger partial charge is 0.331 e. The molecular formula is C16H22ClN5O. The zero-order chi connectivity index (χ0) is 17.0. The summed E-state index contributed by atoms with van der Waals surface area (Å²) in [5, 5.41) is 14.4. The number of aryl methyl sites for hydroxylation is 1. The third-order valence-electron chi connectivity index (χ3n) is 3.66. The number of hydrogen-bond donors (Lipinski definition) is 2. The van der Waals surface area contributed by atoms with E-state index in [1.807, 2.05) is 38.2 Å². The van der Waals surface area contributed by atoms with Gasteiger partial charge in [-0.15, -0.1) is 10.2 Å². The SMILES string of the molecule is CC(C)[C@H](NC(=O)N[C@H](C)c1nncn1C)c1ccc(Cl)cc1. The number of amides is 2. The monoisotopic (exact) mass is 335 g/mol. The zero-order valence-corrected chi connectivity index (χ0v) is 14.5. The second-order valence-electron chi connectivity index (χ2n) is 5.91. The molecule has 0 spiro atoms. The van der Waals surface area contributed by atoms with Gasteiger partial charge in [-0.3, -0.25) is 0 Å². The van der Waals surface area contributed by atoms with Crippen molar-refractivity contribution in [1.29, 1.82) is 0 Å². The summed E-state index contributed by atoms with van der Waals surface area (Å²) in [4.78, 5) is 12.3. The lowest BCUT2D eigenvalue weighted by atomic mass is 9.96. The lowest BCUT2D eigenvalue weighted by molar-refractivity contribution is 0.229. The number of urea groups is 1. The van der Waals surface area contributed by atoms with E-state index in [4.69, 9.17) is 11.6 Å². The molecule has 0 bridgehead atoms. The van der Waals surface area contributed by atoms with Crippen LogP contribution in [-0.4, -0.2) is 20.8 Å². The van der Waals surface area contributed by atoms with Gasteiger partial charge in [0.05, 0.1) is 12.1 Å². The van der Waals surface area contributed by atoms with E-state index in [9.17, 15) is 4.79 Å². The minimum absolute atomic E-state index is 0.0982. The van der Waals surface area contributed by atoms with Crippen LogP contribution in [0.4, 0.5) is 4.79 Å². The van der Waals surface area contributed by atoms with E-state index in [2.05, 4.69) is 34.7 Å². The summed E-state index contributed by atoms with van der Waals surface area (Å²) in [5.74, 6) is 0.944. The van der Waals surface area contributed by atoms with E-state index < -0.39 is 0 Å². The average Bonchev–Trinajstić information content (AvgIpc) is 2.92. The van der Waals surface area contributed by atoms with Crippen molar-refractivity contribution in [2.75, 3.05) is 0 Å². The van der Waals surface area contributed by atoms with Crippen molar-refractivity contribution in [3.05, 3.63) is 47.0 Å². The van der Waals surface area contributed by atoms with Gasteiger partial charge in [-0.2, -0.15) is 0 Å². The van der Waals surface area contributed by atoms with Crippen LogP contribution in [0.5, 0.6) is 0 Å². The molecule has 2 atom stereocenters. The maximum atomic E-state index is 12.3. The van der Waals surface area contributed by atoms with Crippen molar-refractivity contribution in [3.8, 4) is 0 Å². The Kier molecular flexibility index (Phi) is 5.60. The average molecular weight is 336 g/mol. The summed E-state index contributed by atoms with van der Waals surface area (Å²) in [5.41, 5.74) is 1.02. The first kappa shape index (κ1) is 17.3. The van der Waals surface area contributed by atoms with Gasteiger partial charge in [0.1, 0.15) is 6.33 Å². The number of nitrogens with zero attached hydrogens (tertiary/aromatic N) is 3. The van der Waals surface area contributed by atoms with Crippen molar-refractivity contribution in [1.82, 2.24) is 25.4 Å². The van der Waals surface area contributed by atoms with Crippen LogP contribution in [0, 0.1) is 5.92 Å². The van der Waals surface area contributed by atoms with Gasteiger partial charge in [0.2, 0.25) is 0 Å². The molecule has 0 radical (unpaired) electrons. The summed E-state index contributed by atoms with van der Waals surface area (Å²) in [7, 11) is 1.84. The smallest absolute Gasteiger partial charge is 0.315 e. The van der Waals surface area contributed by atoms with Gasteiger partial charge in [-0.25, -0.2) is 4.79 Å². The molecule has 0 saturated heterocycles. The van der Waals surface area contributed by atoms with Gasteiger partial charge in [0, 0.05) is 12.1 Å². The Balaban J connectivity index is 2.04. The highest BCUT2D eigenvalue weighted by Gasteiger charge is 2.20. The molecule has 0 aliphatic heterocycles. The molecule has 6 nitrogen and oxygen atoms in total. The molecule has 1 aromatic heterocycles. The summed E-state index contributed by atoms with van der Waals surface area (Å²) in [6.45, 7) is 5.99. The maximum absolute atomic E-state index is 12.3. The van der Waals surface area contributed by atoms with E-state index in [0.29, 0.717) is 10.8 Å². The van der Waals surface area contributed by atoms with Crippen LogP contribution in [0.15, 0.2) is 30.6 Å². The first-order valence-corrected chi connectivity index (χ1v) is 7.92. The van der Waals surface area contributed by atoms with Crippen LogP contribution in [0.3, 0.4) is 0 Å². The van der Waals surface area contributed by atoms with Gasteiger partial charge in [-0.05, 0) is 30.5 Å². The molecule has 2 aromatic rings. The number of halogens is 1. The molecule has 0 unspecified atom stereocenters. The van der Waals surface area contributed by atoms with E-state index in [1.165, 1.54) is 0 Å². The fraction of sp³-hybridized carbons (Fsp3) is 0.438. The molecular weight excluding hydrogens is 314 g/mol. The fourth-order valence-electron chi connectivity index (χ4n) is 2.43. The molecule has 1 aromatic carbocycles. The Morgan fingerprint density at radius 3 is 2.35 bits per heavy atom. The van der Waals surface area contributed by atoms with Crippen LogP contribution >= 0.6 is 11.6 Å². The third kappa shape index (κ3) is 4.45. The molecule has 124 valence electrons. The molecule has 7 heteroatoms. The molecule has 1 heterocycles.